The summed E-state index contributed by atoms with van der Waals surface area (Å²) in [6.07, 6.45) is 5.79. The second-order valence-corrected chi connectivity index (χ2v) is 8.86. The summed E-state index contributed by atoms with van der Waals surface area (Å²) >= 11 is 1.54. The Hall–Kier alpha value is -2.27. The number of para-hydroxylation sites is 1. The van der Waals surface area contributed by atoms with Crippen molar-refractivity contribution in [2.45, 2.75) is 51.6 Å². The summed E-state index contributed by atoms with van der Waals surface area (Å²) in [5.74, 6) is 0.363. The zero-order valence-electron chi connectivity index (χ0n) is 16.5. The molecule has 2 aromatic carbocycles. The molecule has 2 N–H and O–H groups in total. The van der Waals surface area contributed by atoms with E-state index < -0.39 is 0 Å². The molecule has 4 rings (SSSR count). The van der Waals surface area contributed by atoms with Gasteiger partial charge in [0.05, 0.1) is 5.75 Å². The predicted octanol–water partition coefficient (Wildman–Crippen LogP) is 5.51. The third-order valence-corrected chi connectivity index (χ3v) is 6.36. The summed E-state index contributed by atoms with van der Waals surface area (Å²) in [6.45, 7) is 4.09. The van der Waals surface area contributed by atoms with E-state index in [-0.39, 0.29) is 11.6 Å². The summed E-state index contributed by atoms with van der Waals surface area (Å²) < 4.78 is 0. The molecule has 1 saturated carbocycles. The van der Waals surface area contributed by atoms with Gasteiger partial charge in [-0.05, 0) is 68.9 Å². The number of benzene rings is 2. The standard InChI is InChI=1S/C23H27N3OS/c1-16-12-17(2)14-18(13-16)24-21(27)15-28-22-19-8-4-5-9-20(19)25-23(26-22)10-6-3-7-11-23/h4-5,8-9,12-14,25H,3,6-7,10-11,15H2,1-2H3,(H,24,27). The minimum absolute atomic E-state index is 0.00593. The molecular weight excluding hydrogens is 366 g/mol. The second kappa shape index (κ2) is 8.00. The van der Waals surface area contributed by atoms with Crippen LogP contribution in [0.3, 0.4) is 0 Å². The van der Waals surface area contributed by atoms with Gasteiger partial charge in [-0.3, -0.25) is 4.79 Å². The van der Waals surface area contributed by atoms with E-state index in [1.807, 2.05) is 32.0 Å². The first-order valence-corrected chi connectivity index (χ1v) is 11.0. The minimum Gasteiger partial charge on any atom is -0.361 e. The lowest BCUT2D eigenvalue weighted by atomic mass is 9.88. The molecule has 0 atom stereocenters. The normalized spacial score (nSPS) is 17.4. The monoisotopic (exact) mass is 393 g/mol. The summed E-state index contributed by atoms with van der Waals surface area (Å²) in [5.41, 5.74) is 5.20. The Morgan fingerprint density at radius 3 is 2.57 bits per heavy atom. The van der Waals surface area contributed by atoms with E-state index in [0.717, 1.165) is 46.0 Å². The molecule has 0 unspecified atom stereocenters. The van der Waals surface area contributed by atoms with Crippen molar-refractivity contribution in [1.29, 1.82) is 0 Å². The Morgan fingerprint density at radius 2 is 1.82 bits per heavy atom. The van der Waals surface area contributed by atoms with Crippen LogP contribution >= 0.6 is 11.8 Å². The van der Waals surface area contributed by atoms with Crippen molar-refractivity contribution in [3.8, 4) is 0 Å². The highest BCUT2D eigenvalue weighted by atomic mass is 32.2. The molecule has 1 heterocycles. The Balaban J connectivity index is 1.49. The fourth-order valence-electron chi connectivity index (χ4n) is 4.17. The van der Waals surface area contributed by atoms with Crippen molar-refractivity contribution in [3.05, 3.63) is 59.2 Å². The van der Waals surface area contributed by atoms with E-state index in [4.69, 9.17) is 4.99 Å². The molecular formula is C23H27N3OS. The second-order valence-electron chi connectivity index (χ2n) is 7.89. The van der Waals surface area contributed by atoms with Gasteiger partial charge in [0.2, 0.25) is 5.91 Å². The number of anilines is 2. The molecule has 0 saturated heterocycles. The lowest BCUT2D eigenvalue weighted by Crippen LogP contribution is -2.42. The predicted molar refractivity (Wildman–Crippen MR) is 119 cm³/mol. The van der Waals surface area contributed by atoms with Gasteiger partial charge in [0.15, 0.2) is 0 Å². The molecule has 1 amide bonds. The van der Waals surface area contributed by atoms with Crippen molar-refractivity contribution < 1.29 is 4.79 Å². The highest BCUT2D eigenvalue weighted by Crippen LogP contribution is 2.39. The first-order chi connectivity index (χ1) is 13.5. The average Bonchev–Trinajstić information content (AvgIpc) is 2.66. The fraction of sp³-hybridized carbons (Fsp3) is 0.391. The summed E-state index contributed by atoms with van der Waals surface area (Å²) in [4.78, 5) is 17.7. The molecule has 1 fully saturated rings. The van der Waals surface area contributed by atoms with Crippen LogP contribution in [-0.4, -0.2) is 22.4 Å². The molecule has 0 aromatic heterocycles. The van der Waals surface area contributed by atoms with E-state index in [2.05, 4.69) is 34.9 Å². The van der Waals surface area contributed by atoms with E-state index in [1.54, 1.807) is 11.8 Å². The van der Waals surface area contributed by atoms with Crippen LogP contribution in [-0.2, 0) is 4.79 Å². The number of fused-ring (bicyclic) bond motifs is 1. The maximum atomic E-state index is 12.6. The maximum Gasteiger partial charge on any atom is 0.234 e. The number of nitrogens with zero attached hydrogens (tertiary/aromatic N) is 1. The van der Waals surface area contributed by atoms with Crippen molar-refractivity contribution in [2.75, 3.05) is 16.4 Å². The Labute approximate surface area is 171 Å². The van der Waals surface area contributed by atoms with Gasteiger partial charge in [-0.1, -0.05) is 42.4 Å². The first kappa shape index (κ1) is 19.1. The zero-order chi connectivity index (χ0) is 19.6. The Morgan fingerprint density at radius 1 is 1.11 bits per heavy atom. The van der Waals surface area contributed by atoms with Crippen LogP contribution in [0.2, 0.25) is 0 Å². The number of rotatable bonds is 3. The molecule has 1 aliphatic carbocycles. The van der Waals surface area contributed by atoms with Crippen LogP contribution in [0.5, 0.6) is 0 Å². The number of carbonyl (C=O) groups excluding carboxylic acids is 1. The lowest BCUT2D eigenvalue weighted by Gasteiger charge is -2.39. The molecule has 4 nitrogen and oxygen atoms in total. The van der Waals surface area contributed by atoms with Crippen molar-refractivity contribution >= 4 is 34.1 Å². The van der Waals surface area contributed by atoms with Crippen molar-refractivity contribution in [1.82, 2.24) is 0 Å². The number of nitrogens with one attached hydrogen (secondary N) is 2. The Kier molecular flexibility index (Phi) is 5.44. The van der Waals surface area contributed by atoms with Crippen LogP contribution < -0.4 is 10.6 Å². The van der Waals surface area contributed by atoms with Crippen LogP contribution in [0.4, 0.5) is 11.4 Å². The van der Waals surface area contributed by atoms with E-state index in [9.17, 15) is 4.79 Å². The topological polar surface area (TPSA) is 53.5 Å². The fourth-order valence-corrected chi connectivity index (χ4v) is 5.09. The van der Waals surface area contributed by atoms with E-state index in [0.29, 0.717) is 5.75 Å². The smallest absolute Gasteiger partial charge is 0.234 e. The quantitative estimate of drug-likeness (QED) is 0.723. The number of aliphatic imine (C=N–C) groups is 1. The van der Waals surface area contributed by atoms with Gasteiger partial charge in [0, 0.05) is 16.9 Å². The molecule has 0 radical (unpaired) electrons. The van der Waals surface area contributed by atoms with Gasteiger partial charge in [0.1, 0.15) is 10.7 Å². The number of hydrogen-bond acceptors (Lipinski definition) is 4. The SMILES string of the molecule is Cc1cc(C)cc(NC(=O)CSC2=NC3(CCCCC3)Nc3ccccc32)c1. The number of carbonyl (C=O) groups is 1. The van der Waals surface area contributed by atoms with Crippen LogP contribution in [0.1, 0.15) is 48.8 Å². The third kappa shape index (κ3) is 4.25. The highest BCUT2D eigenvalue weighted by Gasteiger charge is 2.36. The van der Waals surface area contributed by atoms with Crippen molar-refractivity contribution in [2.24, 2.45) is 4.99 Å². The van der Waals surface area contributed by atoms with Gasteiger partial charge < -0.3 is 10.6 Å². The van der Waals surface area contributed by atoms with Gasteiger partial charge in [-0.2, -0.15) is 0 Å². The largest absolute Gasteiger partial charge is 0.361 e. The minimum atomic E-state index is -0.195. The van der Waals surface area contributed by atoms with E-state index in [1.165, 1.54) is 19.3 Å². The molecule has 1 spiro atoms. The van der Waals surface area contributed by atoms with Gasteiger partial charge in [-0.15, -0.1) is 0 Å². The van der Waals surface area contributed by atoms with Gasteiger partial charge >= 0.3 is 0 Å². The molecule has 1 aliphatic heterocycles. The number of amides is 1. The maximum absolute atomic E-state index is 12.6. The van der Waals surface area contributed by atoms with Crippen LogP contribution in [0.15, 0.2) is 47.5 Å². The summed E-state index contributed by atoms with van der Waals surface area (Å²) in [5, 5.41) is 7.69. The third-order valence-electron chi connectivity index (χ3n) is 5.37. The number of thioether (sulfide) groups is 1. The van der Waals surface area contributed by atoms with E-state index >= 15 is 0 Å². The number of aryl methyl sites for hydroxylation is 2. The average molecular weight is 394 g/mol. The summed E-state index contributed by atoms with van der Waals surface area (Å²) in [7, 11) is 0. The zero-order valence-corrected chi connectivity index (χ0v) is 17.4. The molecule has 0 bridgehead atoms. The summed E-state index contributed by atoms with van der Waals surface area (Å²) in [6, 6.07) is 14.4. The lowest BCUT2D eigenvalue weighted by molar-refractivity contribution is -0.113. The van der Waals surface area contributed by atoms with Crippen LogP contribution in [0.25, 0.3) is 0 Å². The van der Waals surface area contributed by atoms with Gasteiger partial charge in [-0.25, -0.2) is 4.99 Å². The van der Waals surface area contributed by atoms with Crippen molar-refractivity contribution in [3.63, 3.8) is 0 Å². The molecule has 5 heteroatoms. The molecule has 2 aliphatic rings. The Bertz CT molecular complexity index is 896. The van der Waals surface area contributed by atoms with Gasteiger partial charge in [0.25, 0.3) is 0 Å². The molecule has 2 aromatic rings. The molecule has 146 valence electrons. The molecule has 28 heavy (non-hydrogen) atoms. The number of hydrogen-bond donors (Lipinski definition) is 2. The highest BCUT2D eigenvalue weighted by molar-refractivity contribution is 8.15. The first-order valence-electron chi connectivity index (χ1n) is 10.0. The van der Waals surface area contributed by atoms with Crippen LogP contribution in [0, 0.1) is 13.8 Å².